The van der Waals surface area contributed by atoms with Crippen LogP contribution in [0.25, 0.3) is 16.2 Å². The molecule has 1 aliphatic carbocycles. The Hall–Kier alpha value is -2.38. The quantitative estimate of drug-likeness (QED) is 0.573. The van der Waals surface area contributed by atoms with E-state index in [-0.39, 0.29) is 6.03 Å². The standard InChI is InChI=1S/C23H30N4O2S/c1-29-15-14-26(22(28)24-19-10-6-3-7-11-19)13-12-20-17-30-23-25-21(16-27(20)23)18-8-4-2-5-9-18/h2,4-5,8-9,16-17,19H,3,6-7,10-15H2,1H3,(H,24,28). The van der Waals surface area contributed by atoms with Gasteiger partial charge in [-0.1, -0.05) is 49.6 Å². The lowest BCUT2D eigenvalue weighted by atomic mass is 9.96. The number of imidazole rings is 1. The van der Waals surface area contributed by atoms with E-state index >= 15 is 0 Å². The topological polar surface area (TPSA) is 58.9 Å². The van der Waals surface area contributed by atoms with Gasteiger partial charge in [-0.05, 0) is 12.8 Å². The third-order valence-electron chi connectivity index (χ3n) is 5.78. The third-order valence-corrected chi connectivity index (χ3v) is 6.66. The fourth-order valence-corrected chi connectivity index (χ4v) is 4.94. The second-order valence-electron chi connectivity index (χ2n) is 7.89. The van der Waals surface area contributed by atoms with E-state index in [9.17, 15) is 4.79 Å². The van der Waals surface area contributed by atoms with E-state index in [1.165, 1.54) is 25.0 Å². The van der Waals surface area contributed by atoms with Gasteiger partial charge in [0.25, 0.3) is 0 Å². The molecule has 30 heavy (non-hydrogen) atoms. The second-order valence-corrected chi connectivity index (χ2v) is 8.72. The van der Waals surface area contributed by atoms with E-state index in [2.05, 4.69) is 33.4 Å². The summed E-state index contributed by atoms with van der Waals surface area (Å²) in [6, 6.07) is 10.6. The average Bonchev–Trinajstić information content (AvgIpc) is 3.36. The maximum absolute atomic E-state index is 12.9. The van der Waals surface area contributed by atoms with Crippen molar-refractivity contribution in [1.82, 2.24) is 19.6 Å². The highest BCUT2D eigenvalue weighted by atomic mass is 32.1. The predicted octanol–water partition coefficient (Wildman–Crippen LogP) is 4.60. The monoisotopic (exact) mass is 426 g/mol. The number of hydrogen-bond donors (Lipinski definition) is 1. The number of nitrogens with zero attached hydrogens (tertiary/aromatic N) is 3. The molecule has 4 rings (SSSR count). The molecule has 0 bridgehead atoms. The highest BCUT2D eigenvalue weighted by Crippen LogP contribution is 2.24. The van der Waals surface area contributed by atoms with E-state index in [0.717, 1.165) is 35.5 Å². The Bertz CT molecular complexity index is 947. The van der Waals surface area contributed by atoms with Gasteiger partial charge in [0, 0.05) is 55.5 Å². The molecule has 6 nitrogen and oxygen atoms in total. The van der Waals surface area contributed by atoms with Gasteiger partial charge in [0.1, 0.15) is 0 Å². The lowest BCUT2D eigenvalue weighted by molar-refractivity contribution is 0.146. The summed E-state index contributed by atoms with van der Waals surface area (Å²) in [5, 5.41) is 5.38. The number of ether oxygens (including phenoxy) is 1. The molecule has 7 heteroatoms. The normalized spacial score (nSPS) is 14.8. The molecule has 0 unspecified atom stereocenters. The first-order valence-electron chi connectivity index (χ1n) is 10.8. The molecule has 0 spiro atoms. The zero-order valence-corrected chi connectivity index (χ0v) is 18.4. The molecule has 1 fully saturated rings. The molecule has 160 valence electrons. The highest BCUT2D eigenvalue weighted by molar-refractivity contribution is 7.15. The zero-order valence-electron chi connectivity index (χ0n) is 17.5. The minimum absolute atomic E-state index is 0.0287. The maximum atomic E-state index is 12.9. The largest absolute Gasteiger partial charge is 0.383 e. The van der Waals surface area contributed by atoms with Gasteiger partial charge in [-0.25, -0.2) is 9.78 Å². The van der Waals surface area contributed by atoms with Crippen LogP contribution in [0.1, 0.15) is 37.8 Å². The van der Waals surface area contributed by atoms with Crippen LogP contribution in [0.5, 0.6) is 0 Å². The van der Waals surface area contributed by atoms with Crippen LogP contribution >= 0.6 is 11.3 Å². The molecule has 3 aromatic rings. The lowest BCUT2D eigenvalue weighted by Gasteiger charge is -2.28. The van der Waals surface area contributed by atoms with Crippen molar-refractivity contribution in [2.45, 2.75) is 44.6 Å². The Kier molecular flexibility index (Phi) is 7.02. The second kappa shape index (κ2) is 10.1. The maximum Gasteiger partial charge on any atom is 0.317 e. The van der Waals surface area contributed by atoms with Gasteiger partial charge < -0.3 is 15.0 Å². The van der Waals surface area contributed by atoms with Crippen LogP contribution in [-0.4, -0.2) is 53.2 Å². The molecule has 1 N–H and O–H groups in total. The van der Waals surface area contributed by atoms with E-state index in [1.807, 2.05) is 23.1 Å². The molecule has 2 aromatic heterocycles. The third kappa shape index (κ3) is 5.02. The van der Waals surface area contributed by atoms with Crippen LogP contribution in [0.2, 0.25) is 0 Å². The molecule has 0 saturated heterocycles. The number of thiazole rings is 1. The average molecular weight is 427 g/mol. The molecule has 0 atom stereocenters. The van der Waals surface area contributed by atoms with Gasteiger partial charge in [0.05, 0.1) is 12.3 Å². The summed E-state index contributed by atoms with van der Waals surface area (Å²) in [4.78, 5) is 20.5. The van der Waals surface area contributed by atoms with Gasteiger partial charge in [-0.2, -0.15) is 0 Å². The van der Waals surface area contributed by atoms with Crippen molar-refractivity contribution >= 4 is 22.3 Å². The number of benzene rings is 1. The number of urea groups is 1. The first kappa shape index (κ1) is 20.9. The van der Waals surface area contributed by atoms with E-state index in [4.69, 9.17) is 9.72 Å². The minimum atomic E-state index is 0.0287. The minimum Gasteiger partial charge on any atom is -0.383 e. The van der Waals surface area contributed by atoms with Crippen molar-refractivity contribution in [2.24, 2.45) is 0 Å². The number of rotatable bonds is 8. The number of methoxy groups -OCH3 is 1. The summed E-state index contributed by atoms with van der Waals surface area (Å²) < 4.78 is 7.39. The number of carbonyl (C=O) groups excluding carboxylic acids is 1. The summed E-state index contributed by atoms with van der Waals surface area (Å²) in [6.45, 7) is 1.80. The fourth-order valence-electron chi connectivity index (χ4n) is 4.04. The zero-order chi connectivity index (χ0) is 20.8. The molecule has 1 aromatic carbocycles. The molecular formula is C23H30N4O2S. The number of nitrogens with one attached hydrogen (secondary N) is 1. The number of fused-ring (bicyclic) bond motifs is 1. The predicted molar refractivity (Wildman–Crippen MR) is 121 cm³/mol. The first-order valence-corrected chi connectivity index (χ1v) is 11.7. The Labute approximate surface area is 181 Å². The molecular weight excluding hydrogens is 396 g/mol. The Morgan fingerprint density at radius 2 is 2.03 bits per heavy atom. The molecule has 2 amide bonds. The molecule has 0 aliphatic heterocycles. The van der Waals surface area contributed by atoms with Gasteiger partial charge in [0.2, 0.25) is 0 Å². The highest BCUT2D eigenvalue weighted by Gasteiger charge is 2.20. The van der Waals surface area contributed by atoms with Crippen molar-refractivity contribution in [2.75, 3.05) is 26.8 Å². The SMILES string of the molecule is COCCN(CCc1csc2nc(-c3ccccc3)cn12)C(=O)NC1CCCCC1. The van der Waals surface area contributed by atoms with Crippen LogP contribution in [0, 0.1) is 0 Å². The number of amides is 2. The van der Waals surface area contributed by atoms with Gasteiger partial charge in [-0.3, -0.25) is 4.40 Å². The summed E-state index contributed by atoms with van der Waals surface area (Å²) in [5.74, 6) is 0. The van der Waals surface area contributed by atoms with Gasteiger partial charge in [-0.15, -0.1) is 11.3 Å². The lowest BCUT2D eigenvalue weighted by Crippen LogP contribution is -2.47. The smallest absolute Gasteiger partial charge is 0.317 e. The van der Waals surface area contributed by atoms with Crippen LogP contribution in [0.3, 0.4) is 0 Å². The Morgan fingerprint density at radius 1 is 1.23 bits per heavy atom. The number of hydrogen-bond acceptors (Lipinski definition) is 4. The summed E-state index contributed by atoms with van der Waals surface area (Å²) >= 11 is 1.64. The molecule has 0 radical (unpaired) electrons. The van der Waals surface area contributed by atoms with E-state index in [0.29, 0.717) is 25.7 Å². The van der Waals surface area contributed by atoms with Crippen molar-refractivity contribution in [1.29, 1.82) is 0 Å². The molecule has 2 heterocycles. The van der Waals surface area contributed by atoms with Crippen molar-refractivity contribution in [3.05, 3.63) is 47.6 Å². The summed E-state index contributed by atoms with van der Waals surface area (Å²) in [5.41, 5.74) is 3.28. The Morgan fingerprint density at radius 3 is 2.80 bits per heavy atom. The van der Waals surface area contributed by atoms with Crippen LogP contribution in [0.4, 0.5) is 4.79 Å². The number of aromatic nitrogens is 2. The van der Waals surface area contributed by atoms with Crippen molar-refractivity contribution in [3.8, 4) is 11.3 Å². The number of carbonyl (C=O) groups is 1. The van der Waals surface area contributed by atoms with Gasteiger partial charge in [0.15, 0.2) is 4.96 Å². The first-order chi connectivity index (χ1) is 14.7. The van der Waals surface area contributed by atoms with Crippen molar-refractivity contribution < 1.29 is 9.53 Å². The van der Waals surface area contributed by atoms with Crippen molar-refractivity contribution in [3.63, 3.8) is 0 Å². The van der Waals surface area contributed by atoms with Gasteiger partial charge >= 0.3 is 6.03 Å². The summed E-state index contributed by atoms with van der Waals surface area (Å²) in [7, 11) is 1.68. The Balaban J connectivity index is 1.42. The molecule has 1 saturated carbocycles. The van der Waals surface area contributed by atoms with Crippen LogP contribution in [0.15, 0.2) is 41.9 Å². The summed E-state index contributed by atoms with van der Waals surface area (Å²) in [6.07, 6.45) is 8.76. The van der Waals surface area contributed by atoms with E-state index in [1.54, 1.807) is 18.4 Å². The van der Waals surface area contributed by atoms with E-state index < -0.39 is 0 Å². The molecule has 1 aliphatic rings. The van der Waals surface area contributed by atoms with Crippen LogP contribution < -0.4 is 5.32 Å². The van der Waals surface area contributed by atoms with Crippen LogP contribution in [-0.2, 0) is 11.2 Å². The fraction of sp³-hybridized carbons (Fsp3) is 0.478.